The number of ketones is 2. The molecule has 4 rings (SSSR count). The molecule has 28 heavy (non-hydrogen) atoms. The molecule has 0 heterocycles. The predicted octanol–water partition coefficient (Wildman–Crippen LogP) is 4.81. The molecule has 3 saturated carbocycles. The summed E-state index contributed by atoms with van der Waals surface area (Å²) in [7, 11) is 0. The number of carbonyl (C=O) groups excluding carboxylic acids is 2. The largest absolute Gasteiger partial charge is 0.481 e. The third kappa shape index (κ3) is 2.81. The Labute approximate surface area is 168 Å². The van der Waals surface area contributed by atoms with E-state index in [9.17, 15) is 14.4 Å². The zero-order chi connectivity index (χ0) is 20.3. The van der Waals surface area contributed by atoms with E-state index in [0.717, 1.165) is 32.1 Å². The summed E-state index contributed by atoms with van der Waals surface area (Å²) < 4.78 is 0. The molecular formula is C24H34O4. The van der Waals surface area contributed by atoms with Gasteiger partial charge in [0.15, 0.2) is 5.78 Å². The summed E-state index contributed by atoms with van der Waals surface area (Å²) in [6.07, 6.45) is 9.16. The van der Waals surface area contributed by atoms with Crippen molar-refractivity contribution in [3.05, 3.63) is 11.6 Å². The summed E-state index contributed by atoms with van der Waals surface area (Å²) >= 11 is 0. The molecule has 0 aromatic rings. The Morgan fingerprint density at radius 2 is 1.93 bits per heavy atom. The molecule has 0 aromatic heterocycles. The second kappa shape index (κ2) is 6.81. The molecule has 3 fully saturated rings. The molecular weight excluding hydrogens is 352 g/mol. The smallest absolute Gasteiger partial charge is 0.303 e. The summed E-state index contributed by atoms with van der Waals surface area (Å²) in [5.74, 6) is 1.86. The Balaban J connectivity index is 1.61. The van der Waals surface area contributed by atoms with E-state index in [1.54, 1.807) is 0 Å². The lowest BCUT2D eigenvalue weighted by molar-refractivity contribution is -0.148. The first-order valence-corrected chi connectivity index (χ1v) is 11.2. The van der Waals surface area contributed by atoms with Gasteiger partial charge < -0.3 is 5.11 Å². The number of hydrogen-bond donors (Lipinski definition) is 1. The van der Waals surface area contributed by atoms with Crippen molar-refractivity contribution in [3.63, 3.8) is 0 Å². The maximum Gasteiger partial charge on any atom is 0.303 e. The summed E-state index contributed by atoms with van der Waals surface area (Å²) in [6.45, 7) is 6.65. The second-order valence-electron chi connectivity index (χ2n) is 10.5. The molecule has 0 amide bonds. The number of hydrogen-bond acceptors (Lipinski definition) is 3. The van der Waals surface area contributed by atoms with E-state index in [0.29, 0.717) is 48.7 Å². The zero-order valence-corrected chi connectivity index (χ0v) is 17.5. The van der Waals surface area contributed by atoms with Crippen LogP contribution in [0.1, 0.15) is 78.6 Å². The van der Waals surface area contributed by atoms with Crippen LogP contribution in [0.25, 0.3) is 0 Å². The van der Waals surface area contributed by atoms with E-state index in [1.165, 1.54) is 5.57 Å². The van der Waals surface area contributed by atoms with Crippen molar-refractivity contribution >= 4 is 17.5 Å². The van der Waals surface area contributed by atoms with Crippen LogP contribution in [0.4, 0.5) is 0 Å². The third-order valence-electron chi connectivity index (χ3n) is 9.39. The van der Waals surface area contributed by atoms with Gasteiger partial charge in [-0.1, -0.05) is 26.3 Å². The van der Waals surface area contributed by atoms with Gasteiger partial charge in [-0.15, -0.1) is 0 Å². The van der Waals surface area contributed by atoms with E-state index in [2.05, 4.69) is 20.8 Å². The lowest BCUT2D eigenvalue weighted by Gasteiger charge is -2.57. The van der Waals surface area contributed by atoms with Gasteiger partial charge >= 0.3 is 5.97 Å². The normalized spacial score (nSPS) is 43.6. The third-order valence-corrected chi connectivity index (χ3v) is 9.39. The van der Waals surface area contributed by atoms with Gasteiger partial charge in [0.2, 0.25) is 0 Å². The number of allylic oxidation sites excluding steroid dienone is 1. The van der Waals surface area contributed by atoms with Crippen LogP contribution in [0.5, 0.6) is 0 Å². The minimum absolute atomic E-state index is 0.0147. The van der Waals surface area contributed by atoms with Crippen LogP contribution in [0.2, 0.25) is 0 Å². The maximum atomic E-state index is 13.6. The molecule has 4 aliphatic rings. The lowest BCUT2D eigenvalue weighted by atomic mass is 9.46. The van der Waals surface area contributed by atoms with E-state index in [4.69, 9.17) is 5.11 Å². The molecule has 0 saturated heterocycles. The number of fused-ring (bicyclic) bond motifs is 5. The molecule has 0 aliphatic heterocycles. The molecule has 1 N–H and O–H groups in total. The monoisotopic (exact) mass is 386 g/mol. The van der Waals surface area contributed by atoms with Gasteiger partial charge in [-0.2, -0.15) is 0 Å². The fraction of sp³-hybridized carbons (Fsp3) is 0.792. The number of carbonyl (C=O) groups is 3. The van der Waals surface area contributed by atoms with Gasteiger partial charge in [-0.25, -0.2) is 0 Å². The molecule has 0 unspecified atom stereocenters. The van der Waals surface area contributed by atoms with E-state index in [1.807, 2.05) is 6.08 Å². The first kappa shape index (κ1) is 19.8. The summed E-state index contributed by atoms with van der Waals surface area (Å²) in [4.78, 5) is 36.6. The molecule has 0 aromatic carbocycles. The quantitative estimate of drug-likeness (QED) is 0.752. The van der Waals surface area contributed by atoms with E-state index < -0.39 is 5.97 Å². The summed E-state index contributed by atoms with van der Waals surface area (Å²) in [5, 5.41) is 9.07. The average molecular weight is 387 g/mol. The Hall–Kier alpha value is -1.45. The van der Waals surface area contributed by atoms with Gasteiger partial charge in [-0.3, -0.25) is 14.4 Å². The van der Waals surface area contributed by atoms with Crippen LogP contribution in [-0.4, -0.2) is 22.6 Å². The minimum atomic E-state index is -0.743. The van der Waals surface area contributed by atoms with Gasteiger partial charge in [0.1, 0.15) is 5.78 Å². The average Bonchev–Trinajstić information content (AvgIpc) is 3.00. The van der Waals surface area contributed by atoms with Crippen molar-refractivity contribution in [2.75, 3.05) is 0 Å². The highest BCUT2D eigenvalue weighted by Crippen LogP contribution is 2.66. The van der Waals surface area contributed by atoms with Crippen molar-refractivity contribution in [2.45, 2.75) is 78.6 Å². The van der Waals surface area contributed by atoms with Crippen LogP contribution in [0.3, 0.4) is 0 Å². The summed E-state index contributed by atoms with van der Waals surface area (Å²) in [6, 6.07) is 0. The Morgan fingerprint density at radius 3 is 2.64 bits per heavy atom. The molecule has 7 atom stereocenters. The first-order chi connectivity index (χ1) is 13.2. The Bertz CT molecular complexity index is 737. The zero-order valence-electron chi connectivity index (χ0n) is 17.5. The highest BCUT2D eigenvalue weighted by Gasteiger charge is 2.63. The number of carboxylic acid groups (broad SMARTS) is 1. The molecule has 0 bridgehead atoms. The van der Waals surface area contributed by atoms with Crippen molar-refractivity contribution in [1.29, 1.82) is 0 Å². The first-order valence-electron chi connectivity index (χ1n) is 11.2. The predicted molar refractivity (Wildman–Crippen MR) is 107 cm³/mol. The van der Waals surface area contributed by atoms with Crippen LogP contribution < -0.4 is 0 Å². The second-order valence-corrected chi connectivity index (χ2v) is 10.5. The number of Topliss-reactive ketones (excluding diaryl/α,β-unsaturated/α-hetero) is 1. The highest BCUT2D eigenvalue weighted by molar-refractivity contribution is 5.92. The van der Waals surface area contributed by atoms with Gasteiger partial charge in [-0.05, 0) is 79.6 Å². The maximum absolute atomic E-state index is 13.6. The van der Waals surface area contributed by atoms with Gasteiger partial charge in [0, 0.05) is 24.7 Å². The number of aliphatic carboxylic acids is 1. The van der Waals surface area contributed by atoms with Gasteiger partial charge in [0.25, 0.3) is 0 Å². The van der Waals surface area contributed by atoms with Gasteiger partial charge in [0.05, 0.1) is 0 Å². The summed E-state index contributed by atoms with van der Waals surface area (Å²) in [5.41, 5.74) is 1.02. The fourth-order valence-electron chi connectivity index (χ4n) is 7.76. The molecule has 4 aliphatic carbocycles. The van der Waals surface area contributed by atoms with Crippen LogP contribution in [0.15, 0.2) is 11.6 Å². The van der Waals surface area contributed by atoms with Crippen molar-refractivity contribution in [2.24, 2.45) is 40.4 Å². The van der Waals surface area contributed by atoms with Crippen LogP contribution in [-0.2, 0) is 14.4 Å². The molecule has 0 radical (unpaired) electrons. The van der Waals surface area contributed by atoms with Crippen LogP contribution >= 0.6 is 0 Å². The lowest BCUT2D eigenvalue weighted by Crippen LogP contribution is -2.55. The van der Waals surface area contributed by atoms with Crippen molar-refractivity contribution < 1.29 is 19.5 Å². The molecule has 4 nitrogen and oxygen atoms in total. The minimum Gasteiger partial charge on any atom is -0.481 e. The standard InChI is InChI=1S/C24H34O4/c1-14(4-9-22(27)28)18-7-8-19-17-6-5-15-12-16(25)10-11-23(15,2)20(17)13-21(26)24(18,19)3/h12,14,17-20H,4-11,13H2,1-3H3,(H,27,28)/t14-,17+,18-,19+,20+,23-,24-/m0/s1. The van der Waals surface area contributed by atoms with E-state index in [-0.39, 0.29) is 29.0 Å². The Kier molecular flexibility index (Phi) is 4.83. The SMILES string of the molecule is C[C@@H](CCC(=O)O)[C@@H]1CC[C@@H]2[C@H]3CCC4=CC(=O)CC[C@]4(C)[C@@H]3CC(=O)[C@]21C. The highest BCUT2D eigenvalue weighted by atomic mass is 16.4. The van der Waals surface area contributed by atoms with E-state index >= 15 is 0 Å². The molecule has 154 valence electrons. The topological polar surface area (TPSA) is 71.4 Å². The fourth-order valence-corrected chi connectivity index (χ4v) is 7.76. The number of rotatable bonds is 4. The van der Waals surface area contributed by atoms with Crippen molar-refractivity contribution in [3.8, 4) is 0 Å². The Morgan fingerprint density at radius 1 is 1.18 bits per heavy atom. The molecule has 4 heteroatoms. The van der Waals surface area contributed by atoms with Crippen LogP contribution in [0, 0.1) is 40.4 Å². The molecule has 0 spiro atoms. The number of carboxylic acids is 1. The van der Waals surface area contributed by atoms with Crippen molar-refractivity contribution in [1.82, 2.24) is 0 Å².